The number of carbonyl (C=O) groups is 1. The number of halogens is 1. The van der Waals surface area contributed by atoms with Gasteiger partial charge in [0.25, 0.3) is 0 Å². The fraction of sp³-hybridized carbons (Fsp3) is 0.429. The van der Waals surface area contributed by atoms with Gasteiger partial charge in [-0.05, 0) is 49.2 Å². The zero-order valence-electron chi connectivity index (χ0n) is 15.7. The van der Waals surface area contributed by atoms with Gasteiger partial charge in [-0.1, -0.05) is 22.0 Å². The van der Waals surface area contributed by atoms with Crippen LogP contribution in [-0.2, 0) is 11.2 Å². The molecule has 6 heteroatoms. The van der Waals surface area contributed by atoms with Gasteiger partial charge in [0, 0.05) is 60.4 Å². The van der Waals surface area contributed by atoms with Crippen molar-refractivity contribution in [1.82, 2.24) is 14.8 Å². The zero-order valence-corrected chi connectivity index (χ0v) is 18.1. The van der Waals surface area contributed by atoms with E-state index in [1.165, 1.54) is 0 Å². The van der Waals surface area contributed by atoms with Gasteiger partial charge in [0.2, 0.25) is 5.91 Å². The van der Waals surface area contributed by atoms with E-state index in [-0.39, 0.29) is 5.91 Å². The summed E-state index contributed by atoms with van der Waals surface area (Å²) in [5.74, 6) is 0.715. The lowest BCUT2D eigenvalue weighted by Gasteiger charge is -2.36. The molecule has 2 heterocycles. The highest BCUT2D eigenvalue weighted by atomic mass is 79.9. The van der Waals surface area contributed by atoms with Crippen LogP contribution in [0.5, 0.6) is 0 Å². The number of piperidine rings is 1. The van der Waals surface area contributed by atoms with E-state index >= 15 is 0 Å². The Labute approximate surface area is 174 Å². The summed E-state index contributed by atoms with van der Waals surface area (Å²) in [7, 11) is 1.96. The maximum absolute atomic E-state index is 12.5. The van der Waals surface area contributed by atoms with Crippen molar-refractivity contribution >= 4 is 33.6 Å². The summed E-state index contributed by atoms with van der Waals surface area (Å²) in [6.07, 6.45) is 4.94. The highest BCUT2D eigenvalue weighted by molar-refractivity contribution is 9.10. The van der Waals surface area contributed by atoms with Gasteiger partial charge in [-0.2, -0.15) is 0 Å². The van der Waals surface area contributed by atoms with Crippen molar-refractivity contribution in [2.75, 3.05) is 32.4 Å². The molecule has 1 fully saturated rings. The Hall–Kier alpha value is -1.37. The largest absolute Gasteiger partial charge is 0.342 e. The molecule has 1 aromatic heterocycles. The average molecular weight is 448 g/mol. The summed E-state index contributed by atoms with van der Waals surface area (Å²) < 4.78 is 1.06. The molecule has 2 aromatic rings. The number of thioether (sulfide) groups is 1. The highest BCUT2D eigenvalue weighted by Crippen LogP contribution is 2.22. The number of aromatic nitrogens is 1. The summed E-state index contributed by atoms with van der Waals surface area (Å²) >= 11 is 5.04. The van der Waals surface area contributed by atoms with Crippen LogP contribution in [0.4, 0.5) is 0 Å². The molecular weight excluding hydrogens is 422 g/mol. The Morgan fingerprint density at radius 1 is 1.22 bits per heavy atom. The predicted octanol–water partition coefficient (Wildman–Crippen LogP) is 4.10. The molecule has 27 heavy (non-hydrogen) atoms. The molecule has 0 unspecified atom stereocenters. The first-order valence-electron chi connectivity index (χ1n) is 9.38. The van der Waals surface area contributed by atoms with Crippen LogP contribution in [0.15, 0.2) is 58.0 Å². The number of rotatable bonds is 7. The summed E-state index contributed by atoms with van der Waals surface area (Å²) in [6.45, 7) is 3.14. The molecule has 0 radical (unpaired) electrons. The van der Waals surface area contributed by atoms with Gasteiger partial charge in [0.05, 0.1) is 5.75 Å². The van der Waals surface area contributed by atoms with E-state index in [9.17, 15) is 4.79 Å². The van der Waals surface area contributed by atoms with E-state index < -0.39 is 0 Å². The molecule has 1 saturated heterocycles. The van der Waals surface area contributed by atoms with Gasteiger partial charge in [-0.25, -0.2) is 0 Å². The first-order valence-corrected chi connectivity index (χ1v) is 11.2. The first kappa shape index (κ1) is 20.4. The van der Waals surface area contributed by atoms with E-state index in [0.29, 0.717) is 11.8 Å². The summed E-state index contributed by atoms with van der Waals surface area (Å²) in [5.41, 5.74) is 1.15. The maximum atomic E-state index is 12.5. The Bertz CT molecular complexity index is 718. The number of hydrogen-bond acceptors (Lipinski definition) is 4. The standard InChI is InChI=1S/C21H26BrN3OS/c1-24(21(26)16-27-20-7-5-17(22)6-8-20)19-10-14-25(15-11-19)13-9-18-4-2-3-12-23-18/h2-8,12,19H,9-11,13-16H2,1H3. The molecule has 0 aliphatic carbocycles. The Morgan fingerprint density at radius 3 is 2.63 bits per heavy atom. The fourth-order valence-electron chi connectivity index (χ4n) is 3.33. The summed E-state index contributed by atoms with van der Waals surface area (Å²) in [5, 5.41) is 0. The van der Waals surface area contributed by atoms with Gasteiger partial charge in [0.1, 0.15) is 0 Å². The average Bonchev–Trinajstić information content (AvgIpc) is 2.72. The molecule has 1 aromatic carbocycles. The van der Waals surface area contributed by atoms with Crippen molar-refractivity contribution in [3.63, 3.8) is 0 Å². The van der Waals surface area contributed by atoms with Crippen molar-refractivity contribution in [3.8, 4) is 0 Å². The van der Waals surface area contributed by atoms with Crippen molar-refractivity contribution in [2.24, 2.45) is 0 Å². The van der Waals surface area contributed by atoms with E-state index in [1.54, 1.807) is 11.8 Å². The molecule has 1 aliphatic rings. The number of amides is 1. The lowest BCUT2D eigenvalue weighted by atomic mass is 10.0. The van der Waals surface area contributed by atoms with Gasteiger partial charge in [-0.3, -0.25) is 9.78 Å². The third-order valence-electron chi connectivity index (χ3n) is 5.08. The number of carbonyl (C=O) groups excluding carboxylic acids is 1. The fourth-order valence-corrected chi connectivity index (χ4v) is 4.42. The minimum Gasteiger partial charge on any atom is -0.342 e. The van der Waals surface area contributed by atoms with Crippen LogP contribution in [0, 0.1) is 0 Å². The molecule has 144 valence electrons. The molecule has 0 saturated carbocycles. The Balaban J connectivity index is 1.39. The lowest BCUT2D eigenvalue weighted by Crippen LogP contribution is -2.46. The molecular formula is C21H26BrN3OS. The number of nitrogens with zero attached hydrogens (tertiary/aromatic N) is 3. The monoisotopic (exact) mass is 447 g/mol. The smallest absolute Gasteiger partial charge is 0.232 e. The van der Waals surface area contributed by atoms with E-state index in [0.717, 1.165) is 54.0 Å². The van der Waals surface area contributed by atoms with Crippen LogP contribution in [0.2, 0.25) is 0 Å². The van der Waals surface area contributed by atoms with E-state index in [2.05, 4.69) is 31.9 Å². The predicted molar refractivity (Wildman–Crippen MR) is 115 cm³/mol. The molecule has 0 N–H and O–H groups in total. The molecule has 3 rings (SSSR count). The topological polar surface area (TPSA) is 36.4 Å². The zero-order chi connectivity index (χ0) is 19.1. The number of likely N-dealkylation sites (tertiary alicyclic amines) is 1. The minimum atomic E-state index is 0.217. The Kier molecular flexibility index (Phi) is 7.73. The van der Waals surface area contributed by atoms with Crippen molar-refractivity contribution in [3.05, 3.63) is 58.8 Å². The van der Waals surface area contributed by atoms with E-state index in [4.69, 9.17) is 0 Å². The summed E-state index contributed by atoms with van der Waals surface area (Å²) in [4.78, 5) is 22.5. The van der Waals surface area contributed by atoms with Crippen molar-refractivity contribution in [1.29, 1.82) is 0 Å². The maximum Gasteiger partial charge on any atom is 0.232 e. The third-order valence-corrected chi connectivity index (χ3v) is 6.61. The van der Waals surface area contributed by atoms with Crippen LogP contribution in [0.3, 0.4) is 0 Å². The van der Waals surface area contributed by atoms with Gasteiger partial charge in [-0.15, -0.1) is 11.8 Å². The second kappa shape index (κ2) is 10.2. The molecule has 1 amide bonds. The quantitative estimate of drug-likeness (QED) is 0.598. The van der Waals surface area contributed by atoms with Crippen LogP contribution >= 0.6 is 27.7 Å². The molecule has 0 spiro atoms. The molecule has 0 atom stereocenters. The van der Waals surface area contributed by atoms with Crippen molar-refractivity contribution < 1.29 is 4.79 Å². The lowest BCUT2D eigenvalue weighted by molar-refractivity contribution is -0.129. The highest BCUT2D eigenvalue weighted by Gasteiger charge is 2.25. The first-order chi connectivity index (χ1) is 13.1. The second-order valence-electron chi connectivity index (χ2n) is 6.89. The normalized spacial score (nSPS) is 15.6. The van der Waals surface area contributed by atoms with Crippen LogP contribution in [0.1, 0.15) is 18.5 Å². The third kappa shape index (κ3) is 6.33. The van der Waals surface area contributed by atoms with Crippen molar-refractivity contribution in [2.45, 2.75) is 30.2 Å². The van der Waals surface area contributed by atoms with Gasteiger partial charge < -0.3 is 9.80 Å². The number of pyridine rings is 1. The second-order valence-corrected chi connectivity index (χ2v) is 8.86. The molecule has 1 aliphatic heterocycles. The van der Waals surface area contributed by atoms with Crippen LogP contribution < -0.4 is 0 Å². The van der Waals surface area contributed by atoms with Crippen LogP contribution in [0.25, 0.3) is 0 Å². The number of benzene rings is 1. The van der Waals surface area contributed by atoms with Gasteiger partial charge >= 0.3 is 0 Å². The van der Waals surface area contributed by atoms with Crippen LogP contribution in [-0.4, -0.2) is 59.2 Å². The minimum absolute atomic E-state index is 0.217. The van der Waals surface area contributed by atoms with Gasteiger partial charge in [0.15, 0.2) is 0 Å². The number of hydrogen-bond donors (Lipinski definition) is 0. The van der Waals surface area contributed by atoms with E-state index in [1.807, 2.05) is 54.5 Å². The SMILES string of the molecule is CN(C(=O)CSc1ccc(Br)cc1)C1CCN(CCc2ccccn2)CC1. The molecule has 0 bridgehead atoms. The summed E-state index contributed by atoms with van der Waals surface area (Å²) in [6, 6.07) is 14.5. The molecule has 4 nitrogen and oxygen atoms in total. The Morgan fingerprint density at radius 2 is 1.96 bits per heavy atom.